The van der Waals surface area contributed by atoms with Gasteiger partial charge < -0.3 is 34.3 Å². The molecule has 13 heteroatoms. The zero-order valence-corrected chi connectivity index (χ0v) is 28.0. The first-order chi connectivity index (χ1) is 22.1. The molecule has 1 atom stereocenters. The molecule has 2 amide bonds. The third-order valence-corrected chi connectivity index (χ3v) is 8.16. The average Bonchev–Trinajstić information content (AvgIpc) is 3.86. The molecule has 2 N–H and O–H groups in total. The maximum atomic E-state index is 13.9. The van der Waals surface area contributed by atoms with Gasteiger partial charge in [-0.1, -0.05) is 46.9 Å². The van der Waals surface area contributed by atoms with E-state index in [9.17, 15) is 14.7 Å². The Kier molecular flexibility index (Phi) is 13.4. The molecule has 248 valence electrons. The van der Waals surface area contributed by atoms with Crippen LogP contribution in [0.25, 0.3) is 0 Å². The fourth-order valence-corrected chi connectivity index (χ4v) is 5.69. The first kappa shape index (κ1) is 35.4. The number of aryl methyl sites for hydroxylation is 1. The number of nitrogens with one attached hydrogen (secondary N) is 1. The Bertz CT molecular complexity index is 1450. The number of carbonyl (C=O) groups is 2. The number of methoxy groups -OCH3 is 1. The van der Waals surface area contributed by atoms with Crippen LogP contribution >= 0.6 is 34.8 Å². The van der Waals surface area contributed by atoms with Gasteiger partial charge in [0.15, 0.2) is 5.75 Å². The lowest BCUT2D eigenvalue weighted by Gasteiger charge is -2.28. The number of aromatic nitrogens is 1. The number of halogens is 3. The van der Waals surface area contributed by atoms with Crippen LogP contribution in [0.15, 0.2) is 48.7 Å². The summed E-state index contributed by atoms with van der Waals surface area (Å²) in [6.07, 6.45) is 3.10. The number of carboxylic acid groups (broad SMARTS) is 1. The summed E-state index contributed by atoms with van der Waals surface area (Å²) >= 11 is 19.0. The van der Waals surface area contributed by atoms with E-state index in [-0.39, 0.29) is 38.3 Å². The fourth-order valence-electron chi connectivity index (χ4n) is 4.82. The Morgan fingerprint density at radius 2 is 1.67 bits per heavy atom. The van der Waals surface area contributed by atoms with Crippen molar-refractivity contribution in [2.45, 2.75) is 45.2 Å². The lowest BCUT2D eigenvalue weighted by Crippen LogP contribution is -2.43. The molecule has 1 aliphatic rings. The number of carbonyl (C=O) groups excluding carboxylic acids is 1. The zero-order valence-electron chi connectivity index (χ0n) is 25.8. The smallest absolute Gasteiger partial charge is 0.404 e. The number of pyridine rings is 1. The Labute approximate surface area is 283 Å². The van der Waals surface area contributed by atoms with E-state index in [0.29, 0.717) is 64.1 Å². The van der Waals surface area contributed by atoms with Gasteiger partial charge in [0.2, 0.25) is 11.8 Å². The van der Waals surface area contributed by atoms with Crippen LogP contribution in [0.1, 0.15) is 36.0 Å². The van der Waals surface area contributed by atoms with Gasteiger partial charge in [0.05, 0.1) is 27.6 Å². The van der Waals surface area contributed by atoms with E-state index in [1.807, 2.05) is 19.1 Å². The van der Waals surface area contributed by atoms with Gasteiger partial charge in [-0.2, -0.15) is 0 Å². The molecule has 46 heavy (non-hydrogen) atoms. The summed E-state index contributed by atoms with van der Waals surface area (Å²) in [6.45, 7) is 3.63. The van der Waals surface area contributed by atoms with Gasteiger partial charge >= 0.3 is 6.09 Å². The number of nitrogens with zero attached hydrogens (tertiary/aromatic N) is 2. The second-order valence-electron chi connectivity index (χ2n) is 11.0. The highest BCUT2D eigenvalue weighted by Gasteiger charge is 2.36. The number of ether oxygens (including phenoxy) is 4. The standard InChI is InChI=1S/C33H38Cl3N3O7/c1-21-14-27(34)31(28(35)15-21)46-13-12-44-26-8-4-22(5-9-26)16-23(18-38-33(41)42)32(40)39(25-6-7-25)20-24-17-30(37-19-29(24)36)45-11-3-10-43-2/h4-5,8-9,14-15,17,19,23,25,38H,3,6-7,10-13,16,18,20H2,1-2H3,(H,41,42). The van der Waals surface area contributed by atoms with Crippen molar-refractivity contribution >= 4 is 46.8 Å². The minimum absolute atomic E-state index is 0.0327. The molecular weight excluding hydrogens is 657 g/mol. The van der Waals surface area contributed by atoms with Gasteiger partial charge in [-0.15, -0.1) is 0 Å². The quantitative estimate of drug-likeness (QED) is 0.139. The van der Waals surface area contributed by atoms with E-state index in [1.54, 1.807) is 42.3 Å². The number of benzene rings is 2. The Morgan fingerprint density at radius 1 is 0.978 bits per heavy atom. The molecule has 10 nitrogen and oxygen atoms in total. The number of hydrogen-bond acceptors (Lipinski definition) is 7. The molecule has 0 aliphatic heterocycles. The topological polar surface area (TPSA) is 119 Å². The molecule has 1 heterocycles. The molecule has 4 rings (SSSR count). The molecule has 0 saturated heterocycles. The van der Waals surface area contributed by atoms with E-state index in [2.05, 4.69) is 10.3 Å². The molecule has 1 aromatic heterocycles. The van der Waals surface area contributed by atoms with Crippen LogP contribution in [0.4, 0.5) is 4.79 Å². The summed E-state index contributed by atoms with van der Waals surface area (Å²) in [5.74, 6) is 0.659. The second kappa shape index (κ2) is 17.5. The molecule has 0 radical (unpaired) electrons. The number of rotatable bonds is 18. The van der Waals surface area contributed by atoms with Crippen molar-refractivity contribution in [3.63, 3.8) is 0 Å². The fraction of sp³-hybridized carbons (Fsp3) is 0.424. The van der Waals surface area contributed by atoms with Gasteiger partial charge in [0.25, 0.3) is 0 Å². The van der Waals surface area contributed by atoms with E-state index in [4.69, 9.17) is 53.8 Å². The van der Waals surface area contributed by atoms with Gasteiger partial charge in [-0.25, -0.2) is 9.78 Å². The first-order valence-electron chi connectivity index (χ1n) is 15.0. The van der Waals surface area contributed by atoms with Crippen LogP contribution in [0, 0.1) is 12.8 Å². The highest BCUT2D eigenvalue weighted by Crippen LogP contribution is 2.34. The molecular formula is C33H38Cl3N3O7. The normalized spacial score (nSPS) is 13.2. The molecule has 1 fully saturated rings. The van der Waals surface area contributed by atoms with E-state index < -0.39 is 12.0 Å². The van der Waals surface area contributed by atoms with Crippen molar-refractivity contribution in [2.24, 2.45) is 5.92 Å². The Balaban J connectivity index is 1.38. The predicted octanol–water partition coefficient (Wildman–Crippen LogP) is 6.84. The first-order valence-corrected chi connectivity index (χ1v) is 16.1. The number of amides is 2. The van der Waals surface area contributed by atoms with Crippen molar-refractivity contribution in [2.75, 3.05) is 40.1 Å². The monoisotopic (exact) mass is 693 g/mol. The molecule has 0 bridgehead atoms. The summed E-state index contributed by atoms with van der Waals surface area (Å²) in [6, 6.07) is 12.7. The highest BCUT2D eigenvalue weighted by atomic mass is 35.5. The molecule has 3 aromatic rings. The van der Waals surface area contributed by atoms with Crippen LogP contribution in [-0.4, -0.2) is 73.1 Å². The van der Waals surface area contributed by atoms with Crippen LogP contribution in [-0.2, 0) is 22.5 Å². The van der Waals surface area contributed by atoms with E-state index in [0.717, 1.165) is 24.0 Å². The summed E-state index contributed by atoms with van der Waals surface area (Å²) in [5.41, 5.74) is 2.51. The van der Waals surface area contributed by atoms with Crippen LogP contribution < -0.4 is 19.5 Å². The van der Waals surface area contributed by atoms with Gasteiger partial charge in [-0.3, -0.25) is 4.79 Å². The maximum absolute atomic E-state index is 13.9. The molecule has 1 unspecified atom stereocenters. The summed E-state index contributed by atoms with van der Waals surface area (Å²) < 4.78 is 22.3. The van der Waals surface area contributed by atoms with Crippen molar-refractivity contribution in [1.82, 2.24) is 15.2 Å². The van der Waals surface area contributed by atoms with Crippen LogP contribution in [0.2, 0.25) is 15.1 Å². The largest absolute Gasteiger partial charge is 0.490 e. The molecule has 0 spiro atoms. The Morgan fingerprint density at radius 3 is 2.33 bits per heavy atom. The van der Waals surface area contributed by atoms with Gasteiger partial charge in [-0.05, 0) is 67.1 Å². The SMILES string of the molecule is COCCCOc1cc(CN(C(=O)C(CNC(=O)O)Cc2ccc(OCCOc3c(Cl)cc(C)cc3Cl)cc2)C2CC2)c(Cl)cn1. The van der Waals surface area contributed by atoms with Crippen molar-refractivity contribution in [1.29, 1.82) is 0 Å². The van der Waals surface area contributed by atoms with Gasteiger partial charge in [0, 0.05) is 51.5 Å². The summed E-state index contributed by atoms with van der Waals surface area (Å²) in [7, 11) is 1.63. The predicted molar refractivity (Wildman–Crippen MR) is 177 cm³/mol. The molecule has 2 aromatic carbocycles. The highest BCUT2D eigenvalue weighted by molar-refractivity contribution is 6.37. The van der Waals surface area contributed by atoms with Crippen LogP contribution in [0.5, 0.6) is 17.4 Å². The summed E-state index contributed by atoms with van der Waals surface area (Å²) in [4.78, 5) is 31.4. The van der Waals surface area contributed by atoms with E-state index >= 15 is 0 Å². The third-order valence-electron chi connectivity index (χ3n) is 7.26. The maximum Gasteiger partial charge on any atom is 0.404 e. The lowest BCUT2D eigenvalue weighted by molar-refractivity contribution is -0.136. The average molecular weight is 695 g/mol. The molecule has 1 aliphatic carbocycles. The van der Waals surface area contributed by atoms with Crippen molar-refractivity contribution < 1.29 is 33.6 Å². The van der Waals surface area contributed by atoms with E-state index in [1.165, 1.54) is 6.20 Å². The third kappa shape index (κ3) is 10.8. The minimum Gasteiger partial charge on any atom is -0.490 e. The number of hydrogen-bond donors (Lipinski definition) is 2. The zero-order chi connectivity index (χ0) is 33.1. The summed E-state index contributed by atoms with van der Waals surface area (Å²) in [5, 5.41) is 13.0. The minimum atomic E-state index is -1.19. The lowest BCUT2D eigenvalue weighted by atomic mass is 9.97. The van der Waals surface area contributed by atoms with Crippen molar-refractivity contribution in [3.8, 4) is 17.4 Å². The van der Waals surface area contributed by atoms with Crippen molar-refractivity contribution in [3.05, 3.63) is 80.4 Å². The second-order valence-corrected chi connectivity index (χ2v) is 12.2. The molecule has 1 saturated carbocycles. The van der Waals surface area contributed by atoms with Crippen LogP contribution in [0.3, 0.4) is 0 Å². The van der Waals surface area contributed by atoms with Gasteiger partial charge in [0.1, 0.15) is 19.0 Å². The Hall–Kier alpha value is -3.44.